The predicted molar refractivity (Wildman–Crippen MR) is 138 cm³/mol. The number of allylic oxidation sites excluding steroid dienone is 1. The van der Waals surface area contributed by atoms with Crippen molar-refractivity contribution >= 4 is 23.2 Å². The molecule has 0 radical (unpaired) electrons. The van der Waals surface area contributed by atoms with Crippen molar-refractivity contribution in [2.45, 2.75) is 31.9 Å². The Kier molecular flexibility index (Phi) is 6.94. The van der Waals surface area contributed by atoms with Crippen LogP contribution in [-0.2, 0) is 6.18 Å². The summed E-state index contributed by atoms with van der Waals surface area (Å²) in [6.07, 6.45) is 3.87. The third kappa shape index (κ3) is 5.27. The maximum Gasteiger partial charge on any atom is 0.416 e. The van der Waals surface area contributed by atoms with E-state index in [1.54, 1.807) is 10.6 Å². The molecule has 0 bridgehead atoms. The fourth-order valence-corrected chi connectivity index (χ4v) is 4.85. The van der Waals surface area contributed by atoms with Crippen LogP contribution < -0.4 is 11.1 Å². The number of hydrogen-bond acceptors (Lipinski definition) is 6. The smallest absolute Gasteiger partial charge is 0.377 e. The molecule has 4 aromatic rings. The molecule has 3 N–H and O–H groups in total. The Labute approximate surface area is 221 Å². The van der Waals surface area contributed by atoms with Gasteiger partial charge in [0.25, 0.3) is 5.91 Å². The summed E-state index contributed by atoms with van der Waals surface area (Å²) in [4.78, 5) is 27.7. The number of imidazole rings is 1. The lowest BCUT2D eigenvalue weighted by molar-refractivity contribution is -0.137. The molecule has 8 nitrogen and oxygen atoms in total. The molecule has 1 aliphatic rings. The average Bonchev–Trinajstić information content (AvgIpc) is 3.30. The number of rotatable bonds is 5. The summed E-state index contributed by atoms with van der Waals surface area (Å²) in [5.41, 5.74) is 6.81. The highest BCUT2D eigenvalue weighted by atomic mass is 19.4. The molecular formula is C27H25F4N7O. The van der Waals surface area contributed by atoms with Crippen LogP contribution in [0.2, 0.25) is 0 Å². The van der Waals surface area contributed by atoms with Crippen molar-refractivity contribution in [3.8, 4) is 11.4 Å². The number of carbonyl (C=O) groups excluding carboxylic acids is 1. The van der Waals surface area contributed by atoms with Gasteiger partial charge in [-0.1, -0.05) is 12.1 Å². The van der Waals surface area contributed by atoms with Crippen molar-refractivity contribution in [2.24, 2.45) is 0 Å². The Bertz CT molecular complexity index is 1560. The van der Waals surface area contributed by atoms with Crippen LogP contribution in [0.5, 0.6) is 0 Å². The van der Waals surface area contributed by atoms with Gasteiger partial charge < -0.3 is 16.0 Å². The van der Waals surface area contributed by atoms with Crippen LogP contribution in [-0.4, -0.2) is 43.2 Å². The maximum atomic E-state index is 15.2. The van der Waals surface area contributed by atoms with E-state index in [4.69, 9.17) is 10.7 Å². The summed E-state index contributed by atoms with van der Waals surface area (Å²) in [7, 11) is 0. The monoisotopic (exact) mass is 539 g/mol. The number of pyridine rings is 1. The number of hydrogen-bond donors (Lipinski definition) is 2. The van der Waals surface area contributed by atoms with E-state index in [0.717, 1.165) is 55.5 Å². The number of amides is 1. The van der Waals surface area contributed by atoms with Gasteiger partial charge in [-0.25, -0.2) is 19.3 Å². The number of benzene rings is 1. The summed E-state index contributed by atoms with van der Waals surface area (Å²) in [5, 5.41) is 2.22. The lowest BCUT2D eigenvalue weighted by Crippen LogP contribution is -2.30. The molecule has 0 spiro atoms. The third-order valence-corrected chi connectivity index (χ3v) is 6.61. The zero-order valence-electron chi connectivity index (χ0n) is 20.9. The highest BCUT2D eigenvalue weighted by molar-refractivity contribution is 6.04. The molecule has 12 heteroatoms. The van der Waals surface area contributed by atoms with E-state index < -0.39 is 23.5 Å². The number of alkyl halides is 3. The first-order valence-corrected chi connectivity index (χ1v) is 12.3. The first kappa shape index (κ1) is 26.1. The van der Waals surface area contributed by atoms with Gasteiger partial charge in [0, 0.05) is 37.0 Å². The molecule has 1 fully saturated rings. The van der Waals surface area contributed by atoms with E-state index in [9.17, 15) is 18.0 Å². The number of fused-ring (bicyclic) bond motifs is 1. The fraction of sp³-hybridized carbons (Fsp3) is 0.259. The van der Waals surface area contributed by atoms with Crippen molar-refractivity contribution in [1.29, 1.82) is 0 Å². The molecule has 5 rings (SSSR count). The minimum atomic E-state index is -4.61. The molecule has 3 aromatic heterocycles. The van der Waals surface area contributed by atoms with E-state index in [2.05, 4.69) is 26.4 Å². The summed E-state index contributed by atoms with van der Waals surface area (Å²) in [5.74, 6) is -1.49. The second-order valence-corrected chi connectivity index (χ2v) is 9.24. The Morgan fingerprint density at radius 1 is 1.15 bits per heavy atom. The Morgan fingerprint density at radius 3 is 2.69 bits per heavy atom. The van der Waals surface area contributed by atoms with Crippen molar-refractivity contribution < 1.29 is 22.4 Å². The lowest BCUT2D eigenvalue weighted by Gasteiger charge is -2.31. The highest BCUT2D eigenvalue weighted by Crippen LogP contribution is 2.34. The first-order chi connectivity index (χ1) is 18.7. The third-order valence-electron chi connectivity index (χ3n) is 6.61. The molecule has 4 heterocycles. The molecule has 1 amide bonds. The Balaban J connectivity index is 1.47. The van der Waals surface area contributed by atoms with E-state index >= 15 is 4.39 Å². The number of carbonyl (C=O) groups is 1. The van der Waals surface area contributed by atoms with Crippen molar-refractivity contribution in [3.63, 3.8) is 0 Å². The van der Waals surface area contributed by atoms with Gasteiger partial charge in [0.2, 0.25) is 5.95 Å². The van der Waals surface area contributed by atoms with Gasteiger partial charge in [-0.05, 0) is 56.3 Å². The van der Waals surface area contributed by atoms with Gasteiger partial charge in [-0.2, -0.15) is 13.2 Å². The summed E-state index contributed by atoms with van der Waals surface area (Å²) >= 11 is 0. The van der Waals surface area contributed by atoms with Gasteiger partial charge in [0.05, 0.1) is 22.3 Å². The number of nitrogens with zero attached hydrogens (tertiary/aromatic N) is 5. The number of nitrogen functional groups attached to an aromatic ring is 1. The molecule has 1 aliphatic heterocycles. The largest absolute Gasteiger partial charge is 0.416 e. The van der Waals surface area contributed by atoms with Crippen LogP contribution in [0.15, 0.2) is 61.1 Å². The molecule has 0 aliphatic carbocycles. The number of aromatic nitrogens is 4. The van der Waals surface area contributed by atoms with Crippen molar-refractivity contribution in [1.82, 2.24) is 24.3 Å². The Morgan fingerprint density at radius 2 is 1.95 bits per heavy atom. The predicted octanol–water partition coefficient (Wildman–Crippen LogP) is 5.50. The number of anilines is 2. The first-order valence-electron chi connectivity index (χ1n) is 12.3. The lowest BCUT2D eigenvalue weighted by atomic mass is 9.94. The zero-order chi connectivity index (χ0) is 27.7. The molecule has 1 saturated heterocycles. The van der Waals surface area contributed by atoms with E-state index in [1.807, 2.05) is 19.1 Å². The number of nitrogens with one attached hydrogen (secondary N) is 1. The quantitative estimate of drug-likeness (QED) is 0.325. The number of likely N-dealkylation sites (tertiary alicyclic amines) is 1. The van der Waals surface area contributed by atoms with Gasteiger partial charge in [0.1, 0.15) is 17.5 Å². The van der Waals surface area contributed by atoms with Gasteiger partial charge in [0.15, 0.2) is 0 Å². The van der Waals surface area contributed by atoms with Crippen LogP contribution in [0, 0.1) is 5.82 Å². The van der Waals surface area contributed by atoms with Gasteiger partial charge >= 0.3 is 6.18 Å². The molecule has 202 valence electrons. The second-order valence-electron chi connectivity index (χ2n) is 9.24. The highest BCUT2D eigenvalue weighted by Gasteiger charge is 2.31. The topological polar surface area (TPSA) is 101 Å². The molecule has 1 unspecified atom stereocenters. The minimum absolute atomic E-state index is 0.121. The van der Waals surface area contributed by atoms with Gasteiger partial charge in [-0.3, -0.25) is 9.20 Å². The van der Waals surface area contributed by atoms with Crippen LogP contribution in [0.25, 0.3) is 16.9 Å². The molecule has 39 heavy (non-hydrogen) atoms. The number of piperidine rings is 1. The van der Waals surface area contributed by atoms with E-state index in [1.165, 1.54) is 12.1 Å². The van der Waals surface area contributed by atoms with E-state index in [-0.39, 0.29) is 23.2 Å². The minimum Gasteiger partial charge on any atom is -0.377 e. The summed E-state index contributed by atoms with van der Waals surface area (Å²) in [6.45, 7) is 3.69. The fourth-order valence-electron chi connectivity index (χ4n) is 4.85. The van der Waals surface area contributed by atoms with Crippen LogP contribution >= 0.6 is 0 Å². The van der Waals surface area contributed by atoms with Gasteiger partial charge in [-0.15, -0.1) is 0 Å². The number of halogens is 4. The molecule has 1 aromatic carbocycles. The molecule has 0 saturated carbocycles. The SMILES string of the molecule is CC=CN1CCCC(c2nc(-c3ccc(C(=O)Nc4cc(C(F)(F)F)ccn4)c(F)c3)n3c(N)nccc23)C1. The average molecular weight is 540 g/mol. The molecule has 1 atom stereocenters. The second kappa shape index (κ2) is 10.4. The van der Waals surface area contributed by atoms with E-state index in [0.29, 0.717) is 17.5 Å². The molecular weight excluding hydrogens is 514 g/mol. The number of nitrogens with two attached hydrogens (primary N) is 1. The maximum absolute atomic E-state index is 15.2. The van der Waals surface area contributed by atoms with Crippen LogP contribution in [0.1, 0.15) is 47.3 Å². The Hall–Kier alpha value is -4.48. The van der Waals surface area contributed by atoms with Crippen LogP contribution in [0.3, 0.4) is 0 Å². The zero-order valence-corrected chi connectivity index (χ0v) is 20.9. The van der Waals surface area contributed by atoms with Crippen molar-refractivity contribution in [3.05, 3.63) is 83.7 Å². The van der Waals surface area contributed by atoms with Crippen LogP contribution in [0.4, 0.5) is 29.3 Å². The summed E-state index contributed by atoms with van der Waals surface area (Å²) < 4.78 is 55.8. The normalized spacial score (nSPS) is 16.2. The van der Waals surface area contributed by atoms with Crippen molar-refractivity contribution in [2.75, 3.05) is 24.1 Å². The summed E-state index contributed by atoms with van der Waals surface area (Å²) in [6, 6.07) is 7.18. The standard InChI is InChI=1S/C27H25F4N7O/c1-2-11-37-12-3-4-17(15-37)23-21-8-10-34-26(32)38(21)24(36-23)16-5-6-19(20(28)13-16)25(39)35-22-14-18(7-9-33-22)27(29,30)31/h2,5-11,13-14,17H,3-4,12,15H2,1H3,(H2,32,34)(H,33,35,39).